The molecule has 1 aliphatic carbocycles. The maximum Gasteiger partial charge on any atom is 0.239 e. The zero-order valence-corrected chi connectivity index (χ0v) is 9.25. The Morgan fingerprint density at radius 1 is 1.40 bits per heavy atom. The van der Waals surface area contributed by atoms with Crippen LogP contribution in [0.4, 0.5) is 0 Å². The Bertz CT molecular complexity index is 234. The fourth-order valence-electron chi connectivity index (χ4n) is 1.78. The molecule has 0 aromatic rings. The van der Waals surface area contributed by atoms with Crippen molar-refractivity contribution in [3.63, 3.8) is 0 Å². The van der Waals surface area contributed by atoms with E-state index in [1.807, 2.05) is 0 Å². The van der Waals surface area contributed by atoms with Crippen molar-refractivity contribution >= 4 is 11.9 Å². The maximum atomic E-state index is 11.4. The lowest BCUT2D eigenvalue weighted by Crippen LogP contribution is -2.44. The monoisotopic (exact) mass is 212 g/mol. The van der Waals surface area contributed by atoms with E-state index in [2.05, 4.69) is 15.6 Å². The number of hydrogen-bond donors (Lipinski definition) is 3. The first kappa shape index (κ1) is 11.8. The molecule has 1 rings (SSSR count). The van der Waals surface area contributed by atoms with Gasteiger partial charge in [0.25, 0.3) is 0 Å². The average Bonchev–Trinajstić information content (AvgIpc) is 2.27. The predicted octanol–water partition coefficient (Wildman–Crippen LogP) is -0.0306. The Kier molecular flexibility index (Phi) is 4.93. The van der Waals surface area contributed by atoms with Crippen LogP contribution in [-0.2, 0) is 4.79 Å². The van der Waals surface area contributed by atoms with Gasteiger partial charge in [0.05, 0.1) is 6.54 Å². The van der Waals surface area contributed by atoms with Gasteiger partial charge in [-0.1, -0.05) is 19.3 Å². The second-order valence-corrected chi connectivity index (χ2v) is 3.86. The summed E-state index contributed by atoms with van der Waals surface area (Å²) in [5.74, 6) is 0.294. The molecule has 0 unspecified atom stereocenters. The molecule has 5 heteroatoms. The van der Waals surface area contributed by atoms with Crippen molar-refractivity contribution in [2.75, 3.05) is 13.6 Å². The first-order valence-corrected chi connectivity index (χ1v) is 5.48. The number of hydrogen-bond acceptors (Lipinski definition) is 2. The highest BCUT2D eigenvalue weighted by atomic mass is 16.2. The van der Waals surface area contributed by atoms with Gasteiger partial charge in [-0.2, -0.15) is 0 Å². The van der Waals surface area contributed by atoms with Gasteiger partial charge in [0.1, 0.15) is 0 Å². The van der Waals surface area contributed by atoms with Crippen LogP contribution in [0, 0.1) is 0 Å². The number of carbonyl (C=O) groups is 1. The van der Waals surface area contributed by atoms with Crippen LogP contribution in [0.25, 0.3) is 0 Å². The summed E-state index contributed by atoms with van der Waals surface area (Å²) in [5.41, 5.74) is 5.41. The molecule has 15 heavy (non-hydrogen) atoms. The van der Waals surface area contributed by atoms with E-state index in [1.54, 1.807) is 7.05 Å². The Labute approximate surface area is 90.5 Å². The molecule has 86 valence electrons. The topological polar surface area (TPSA) is 79.5 Å². The van der Waals surface area contributed by atoms with Gasteiger partial charge < -0.3 is 16.4 Å². The molecule has 0 radical (unpaired) electrons. The Morgan fingerprint density at radius 3 is 2.67 bits per heavy atom. The molecule has 0 atom stereocenters. The highest BCUT2D eigenvalue weighted by molar-refractivity contribution is 5.85. The lowest BCUT2D eigenvalue weighted by molar-refractivity contribution is -0.120. The summed E-state index contributed by atoms with van der Waals surface area (Å²) in [5, 5.41) is 5.72. The molecule has 0 aromatic heterocycles. The van der Waals surface area contributed by atoms with Gasteiger partial charge in [-0.3, -0.25) is 9.79 Å². The van der Waals surface area contributed by atoms with Crippen molar-refractivity contribution in [3.8, 4) is 0 Å². The minimum atomic E-state index is -0.00602. The maximum absolute atomic E-state index is 11.4. The van der Waals surface area contributed by atoms with Gasteiger partial charge >= 0.3 is 0 Å². The molecular formula is C10H20N4O. The molecule has 1 fully saturated rings. The average molecular weight is 212 g/mol. The smallest absolute Gasteiger partial charge is 0.239 e. The Balaban J connectivity index is 2.17. The number of aliphatic imine (C=N–C) groups is 1. The molecule has 0 bridgehead atoms. The van der Waals surface area contributed by atoms with Crippen molar-refractivity contribution in [2.24, 2.45) is 10.7 Å². The van der Waals surface area contributed by atoms with Gasteiger partial charge in [-0.15, -0.1) is 0 Å². The second-order valence-electron chi connectivity index (χ2n) is 3.86. The summed E-state index contributed by atoms with van der Waals surface area (Å²) in [6.45, 7) is 0.208. The molecule has 0 aliphatic heterocycles. The lowest BCUT2D eigenvalue weighted by Gasteiger charge is -2.22. The van der Waals surface area contributed by atoms with Crippen LogP contribution < -0.4 is 16.4 Å². The third-order valence-electron chi connectivity index (χ3n) is 2.64. The minimum Gasteiger partial charge on any atom is -0.370 e. The lowest BCUT2D eigenvalue weighted by atomic mass is 9.95. The highest BCUT2D eigenvalue weighted by Gasteiger charge is 2.15. The Morgan fingerprint density at radius 2 is 2.07 bits per heavy atom. The van der Waals surface area contributed by atoms with Crippen LogP contribution in [0.5, 0.6) is 0 Å². The van der Waals surface area contributed by atoms with Crippen LogP contribution in [0.2, 0.25) is 0 Å². The fourth-order valence-corrected chi connectivity index (χ4v) is 1.78. The fraction of sp³-hybridized carbons (Fsp3) is 0.800. The van der Waals surface area contributed by atoms with E-state index in [4.69, 9.17) is 5.73 Å². The number of guanidine groups is 1. The van der Waals surface area contributed by atoms with Crippen LogP contribution in [-0.4, -0.2) is 31.5 Å². The molecule has 1 amide bonds. The first-order chi connectivity index (χ1) is 7.22. The molecule has 4 N–H and O–H groups in total. The minimum absolute atomic E-state index is 0.00602. The third kappa shape index (κ3) is 4.67. The van der Waals surface area contributed by atoms with Crippen molar-refractivity contribution < 1.29 is 4.79 Å². The van der Waals surface area contributed by atoms with Crippen molar-refractivity contribution in [3.05, 3.63) is 0 Å². The van der Waals surface area contributed by atoms with Crippen molar-refractivity contribution in [2.45, 2.75) is 38.1 Å². The van der Waals surface area contributed by atoms with Crippen molar-refractivity contribution in [1.82, 2.24) is 10.6 Å². The summed E-state index contributed by atoms with van der Waals surface area (Å²) >= 11 is 0. The number of nitrogens with one attached hydrogen (secondary N) is 2. The van der Waals surface area contributed by atoms with Crippen LogP contribution in [0.15, 0.2) is 4.99 Å². The molecule has 1 saturated carbocycles. The standard InChI is InChI=1S/C10H20N4O/c1-12-10(11)13-7-9(15)14-8-5-3-2-4-6-8/h8H,2-7H2,1H3,(H,14,15)(H3,11,12,13). The summed E-state index contributed by atoms with van der Waals surface area (Å²) < 4.78 is 0. The molecule has 0 aromatic carbocycles. The van der Waals surface area contributed by atoms with Gasteiger partial charge in [0.2, 0.25) is 5.91 Å². The molecular weight excluding hydrogens is 192 g/mol. The van der Waals surface area contributed by atoms with E-state index in [0.29, 0.717) is 12.0 Å². The predicted molar refractivity (Wildman–Crippen MR) is 60.6 cm³/mol. The van der Waals surface area contributed by atoms with Gasteiger partial charge in [-0.25, -0.2) is 0 Å². The van der Waals surface area contributed by atoms with Crippen LogP contribution in [0.1, 0.15) is 32.1 Å². The summed E-state index contributed by atoms with van der Waals surface area (Å²) in [4.78, 5) is 15.2. The largest absolute Gasteiger partial charge is 0.370 e. The number of nitrogens with two attached hydrogens (primary N) is 1. The van der Waals surface area contributed by atoms with Gasteiger partial charge in [-0.05, 0) is 12.8 Å². The van der Waals surface area contributed by atoms with Gasteiger partial charge in [0, 0.05) is 13.1 Å². The highest BCUT2D eigenvalue weighted by Crippen LogP contribution is 2.16. The summed E-state index contributed by atoms with van der Waals surface area (Å²) in [7, 11) is 1.58. The number of amides is 1. The quantitative estimate of drug-likeness (QED) is 0.454. The SMILES string of the molecule is CN=C(N)NCC(=O)NC1CCCCC1. The number of rotatable bonds is 3. The number of nitrogens with zero attached hydrogens (tertiary/aromatic N) is 1. The normalized spacial score (nSPS) is 18.6. The Hall–Kier alpha value is -1.26. The molecule has 0 spiro atoms. The molecule has 5 nitrogen and oxygen atoms in total. The number of carbonyl (C=O) groups excluding carboxylic acids is 1. The summed E-state index contributed by atoms with van der Waals surface area (Å²) in [6, 6.07) is 0.354. The second kappa shape index (κ2) is 6.27. The van der Waals surface area contributed by atoms with Gasteiger partial charge in [0.15, 0.2) is 5.96 Å². The zero-order chi connectivity index (χ0) is 11.1. The van der Waals surface area contributed by atoms with Crippen LogP contribution >= 0.6 is 0 Å². The zero-order valence-electron chi connectivity index (χ0n) is 9.25. The molecule has 0 heterocycles. The van der Waals surface area contributed by atoms with E-state index in [9.17, 15) is 4.79 Å². The van der Waals surface area contributed by atoms with Crippen LogP contribution in [0.3, 0.4) is 0 Å². The van der Waals surface area contributed by atoms with Crippen molar-refractivity contribution in [1.29, 1.82) is 0 Å². The van der Waals surface area contributed by atoms with E-state index in [1.165, 1.54) is 19.3 Å². The molecule has 1 aliphatic rings. The first-order valence-electron chi connectivity index (χ1n) is 5.48. The van der Waals surface area contributed by atoms with E-state index < -0.39 is 0 Å². The molecule has 0 saturated heterocycles. The van der Waals surface area contributed by atoms with E-state index in [0.717, 1.165) is 12.8 Å². The summed E-state index contributed by atoms with van der Waals surface area (Å²) in [6.07, 6.45) is 5.93. The van der Waals surface area contributed by atoms with E-state index >= 15 is 0 Å². The third-order valence-corrected chi connectivity index (χ3v) is 2.64. The van der Waals surface area contributed by atoms with E-state index in [-0.39, 0.29) is 12.5 Å².